The lowest BCUT2D eigenvalue weighted by atomic mass is 9.97. The summed E-state index contributed by atoms with van der Waals surface area (Å²) >= 11 is 0. The Balaban J connectivity index is 1.51. The van der Waals surface area contributed by atoms with Crippen molar-refractivity contribution in [1.29, 1.82) is 0 Å². The molecule has 31 heavy (non-hydrogen) atoms. The van der Waals surface area contributed by atoms with E-state index in [9.17, 15) is 5.11 Å². The number of aliphatic hydroxyl groups is 1. The predicted octanol–water partition coefficient (Wildman–Crippen LogP) is 4.61. The first-order chi connectivity index (χ1) is 15.1. The summed E-state index contributed by atoms with van der Waals surface area (Å²) < 4.78 is 0. The molecular weight excluding hydrogens is 384 g/mol. The number of hydrogen-bond acceptors (Lipinski definition) is 5. The molecule has 5 nitrogen and oxygen atoms in total. The summed E-state index contributed by atoms with van der Waals surface area (Å²) in [5.74, 6) is 0.0291. The zero-order valence-electron chi connectivity index (χ0n) is 17.9. The minimum Gasteiger partial charge on any atom is -0.396 e. The average Bonchev–Trinajstić information content (AvgIpc) is 2.79. The number of rotatable bonds is 7. The van der Waals surface area contributed by atoms with Gasteiger partial charge in [-0.05, 0) is 81.1 Å². The Morgan fingerprint density at radius 3 is 1.35 bits per heavy atom. The summed E-state index contributed by atoms with van der Waals surface area (Å²) in [6.07, 6.45) is 1.34. The van der Waals surface area contributed by atoms with Gasteiger partial charge in [-0.3, -0.25) is 19.9 Å². The van der Waals surface area contributed by atoms with E-state index in [1.807, 2.05) is 86.6 Å². The number of aromatic nitrogens is 4. The van der Waals surface area contributed by atoms with Crippen molar-refractivity contribution in [2.24, 2.45) is 5.92 Å². The Hall–Kier alpha value is -3.44. The van der Waals surface area contributed by atoms with Crippen molar-refractivity contribution in [3.05, 3.63) is 95.6 Å². The van der Waals surface area contributed by atoms with Gasteiger partial charge in [-0.2, -0.15) is 0 Å². The van der Waals surface area contributed by atoms with Gasteiger partial charge >= 0.3 is 0 Å². The van der Waals surface area contributed by atoms with Crippen LogP contribution in [0.2, 0.25) is 0 Å². The maximum absolute atomic E-state index is 10.0. The third-order valence-corrected chi connectivity index (χ3v) is 5.17. The molecule has 4 heterocycles. The molecule has 0 aliphatic carbocycles. The molecule has 1 N–H and O–H groups in total. The molecule has 4 aromatic heterocycles. The highest BCUT2D eigenvalue weighted by Crippen LogP contribution is 2.20. The van der Waals surface area contributed by atoms with Crippen molar-refractivity contribution < 1.29 is 5.11 Å². The van der Waals surface area contributed by atoms with E-state index in [2.05, 4.69) is 9.97 Å². The van der Waals surface area contributed by atoms with Crippen LogP contribution in [0.3, 0.4) is 0 Å². The van der Waals surface area contributed by atoms with E-state index in [1.54, 1.807) is 0 Å². The van der Waals surface area contributed by atoms with Gasteiger partial charge in [0.1, 0.15) is 0 Å². The lowest BCUT2D eigenvalue weighted by Crippen LogP contribution is -2.15. The lowest BCUT2D eigenvalue weighted by Gasteiger charge is -2.14. The Morgan fingerprint density at radius 1 is 0.581 bits per heavy atom. The summed E-state index contributed by atoms with van der Waals surface area (Å²) in [6.45, 7) is 4.02. The van der Waals surface area contributed by atoms with Crippen LogP contribution in [0.1, 0.15) is 22.8 Å². The van der Waals surface area contributed by atoms with Crippen molar-refractivity contribution >= 4 is 0 Å². The fourth-order valence-corrected chi connectivity index (χ4v) is 3.64. The summed E-state index contributed by atoms with van der Waals surface area (Å²) in [5, 5.41) is 10.0. The van der Waals surface area contributed by atoms with Gasteiger partial charge < -0.3 is 5.11 Å². The van der Waals surface area contributed by atoms with Crippen LogP contribution in [0.15, 0.2) is 72.8 Å². The van der Waals surface area contributed by atoms with Crippen molar-refractivity contribution in [3.8, 4) is 22.8 Å². The molecule has 0 aliphatic rings. The molecule has 0 unspecified atom stereocenters. The highest BCUT2D eigenvalue weighted by Gasteiger charge is 2.14. The van der Waals surface area contributed by atoms with Gasteiger partial charge in [-0.1, -0.05) is 24.3 Å². The molecule has 4 aromatic rings. The normalized spacial score (nSPS) is 11.1. The molecule has 0 amide bonds. The van der Waals surface area contributed by atoms with Gasteiger partial charge in [0.05, 0.1) is 22.8 Å². The standard InChI is InChI=1S/C26H26N4O/c1-18-7-3-11-23(27-18)25-13-5-9-21(29-25)15-20(17-31)16-22-10-6-14-26(30-22)24-12-4-8-19(2)28-24/h3-14,20,31H,15-17H2,1-2H3. The highest BCUT2D eigenvalue weighted by atomic mass is 16.3. The molecule has 0 spiro atoms. The number of nitrogens with zero attached hydrogens (tertiary/aromatic N) is 4. The Kier molecular flexibility index (Phi) is 6.43. The third-order valence-electron chi connectivity index (χ3n) is 5.17. The van der Waals surface area contributed by atoms with E-state index in [4.69, 9.17) is 9.97 Å². The summed E-state index contributed by atoms with van der Waals surface area (Å²) in [7, 11) is 0. The molecule has 0 saturated heterocycles. The smallest absolute Gasteiger partial charge is 0.0889 e. The first-order valence-corrected chi connectivity index (χ1v) is 10.5. The monoisotopic (exact) mass is 410 g/mol. The van der Waals surface area contributed by atoms with Crippen LogP contribution in [0, 0.1) is 19.8 Å². The van der Waals surface area contributed by atoms with Crippen LogP contribution in [-0.4, -0.2) is 31.6 Å². The molecule has 0 saturated carbocycles. The Morgan fingerprint density at radius 2 is 0.968 bits per heavy atom. The van der Waals surface area contributed by atoms with Crippen LogP contribution >= 0.6 is 0 Å². The molecule has 4 rings (SSSR count). The molecule has 0 aliphatic heterocycles. The maximum Gasteiger partial charge on any atom is 0.0889 e. The summed E-state index contributed by atoms with van der Waals surface area (Å²) in [5.41, 5.74) is 7.24. The molecule has 0 bridgehead atoms. The van der Waals surface area contributed by atoms with Crippen LogP contribution in [0.25, 0.3) is 22.8 Å². The lowest BCUT2D eigenvalue weighted by molar-refractivity contribution is 0.223. The minimum atomic E-state index is 0.0291. The van der Waals surface area contributed by atoms with Crippen molar-refractivity contribution in [3.63, 3.8) is 0 Å². The molecule has 5 heteroatoms. The van der Waals surface area contributed by atoms with Gasteiger partial charge in [0.2, 0.25) is 0 Å². The second-order valence-corrected chi connectivity index (χ2v) is 7.81. The highest BCUT2D eigenvalue weighted by molar-refractivity contribution is 5.55. The van der Waals surface area contributed by atoms with Crippen LogP contribution in [0.4, 0.5) is 0 Å². The number of pyridine rings is 4. The van der Waals surface area contributed by atoms with E-state index >= 15 is 0 Å². The fourth-order valence-electron chi connectivity index (χ4n) is 3.64. The fraction of sp³-hybridized carbons (Fsp3) is 0.231. The third kappa shape index (κ3) is 5.38. The molecule has 0 aromatic carbocycles. The van der Waals surface area contributed by atoms with Crippen LogP contribution < -0.4 is 0 Å². The van der Waals surface area contributed by atoms with Crippen LogP contribution in [0.5, 0.6) is 0 Å². The van der Waals surface area contributed by atoms with Crippen molar-refractivity contribution in [1.82, 2.24) is 19.9 Å². The zero-order chi connectivity index (χ0) is 21.6. The molecular formula is C26H26N4O. The Bertz CT molecular complexity index is 1080. The first-order valence-electron chi connectivity index (χ1n) is 10.5. The van der Waals surface area contributed by atoms with E-state index in [1.165, 1.54) is 0 Å². The number of aryl methyl sites for hydroxylation is 2. The zero-order valence-corrected chi connectivity index (χ0v) is 17.9. The van der Waals surface area contributed by atoms with E-state index in [0.717, 1.165) is 45.6 Å². The first kappa shape index (κ1) is 20.8. The summed E-state index contributed by atoms with van der Waals surface area (Å²) in [4.78, 5) is 18.7. The van der Waals surface area contributed by atoms with Gasteiger partial charge in [-0.25, -0.2) is 0 Å². The molecule has 156 valence electrons. The minimum absolute atomic E-state index is 0.0291. The molecule has 0 radical (unpaired) electrons. The van der Waals surface area contributed by atoms with Crippen molar-refractivity contribution in [2.45, 2.75) is 26.7 Å². The molecule has 0 atom stereocenters. The molecule has 0 fully saturated rings. The quantitative estimate of drug-likeness (QED) is 0.482. The number of aliphatic hydroxyl groups excluding tert-OH is 1. The van der Waals surface area contributed by atoms with Crippen LogP contribution in [-0.2, 0) is 12.8 Å². The largest absolute Gasteiger partial charge is 0.396 e. The van der Waals surface area contributed by atoms with E-state index < -0.39 is 0 Å². The van der Waals surface area contributed by atoms with Gasteiger partial charge in [0.25, 0.3) is 0 Å². The van der Waals surface area contributed by atoms with Gasteiger partial charge in [0, 0.05) is 29.4 Å². The number of hydrogen-bond donors (Lipinski definition) is 1. The summed E-state index contributed by atoms with van der Waals surface area (Å²) in [6, 6.07) is 23.8. The van der Waals surface area contributed by atoms with E-state index in [-0.39, 0.29) is 12.5 Å². The average molecular weight is 411 g/mol. The topological polar surface area (TPSA) is 71.8 Å². The van der Waals surface area contributed by atoms with Gasteiger partial charge in [-0.15, -0.1) is 0 Å². The second kappa shape index (κ2) is 9.58. The van der Waals surface area contributed by atoms with E-state index in [0.29, 0.717) is 12.8 Å². The van der Waals surface area contributed by atoms with Crippen molar-refractivity contribution in [2.75, 3.05) is 6.61 Å². The second-order valence-electron chi connectivity index (χ2n) is 7.81. The SMILES string of the molecule is Cc1cccc(-c2cccc(CC(CO)Cc3cccc(-c4cccc(C)n4)n3)n2)n1. The Labute approximate surface area is 182 Å². The maximum atomic E-state index is 10.0. The predicted molar refractivity (Wildman–Crippen MR) is 122 cm³/mol. The van der Waals surface area contributed by atoms with Gasteiger partial charge in [0.15, 0.2) is 0 Å².